The minimum Gasteiger partial charge on any atom is -0.342 e. The van der Waals surface area contributed by atoms with Crippen LogP contribution in [-0.4, -0.2) is 38.8 Å². The number of hydrogen-bond donors (Lipinski definition) is 1. The third-order valence-corrected chi connectivity index (χ3v) is 5.24. The molecular weight excluding hydrogens is 371 g/mol. The number of halogens is 1. The lowest BCUT2D eigenvalue weighted by atomic mass is 10.0. The summed E-state index contributed by atoms with van der Waals surface area (Å²) in [7, 11) is 0. The summed E-state index contributed by atoms with van der Waals surface area (Å²) >= 11 is 0. The molecule has 0 bridgehead atoms. The number of benzene rings is 1. The van der Waals surface area contributed by atoms with Crippen LogP contribution in [0.4, 0.5) is 4.39 Å². The predicted octanol–water partition coefficient (Wildman–Crippen LogP) is 2.92. The molecule has 3 heterocycles. The molecule has 4 rings (SSSR count). The van der Waals surface area contributed by atoms with Gasteiger partial charge in [-0.1, -0.05) is 18.2 Å². The maximum absolute atomic E-state index is 13.7. The summed E-state index contributed by atoms with van der Waals surface area (Å²) in [5.74, 6) is 0.223. The first-order valence-corrected chi connectivity index (χ1v) is 9.63. The van der Waals surface area contributed by atoms with E-state index in [4.69, 9.17) is 0 Å². The molecule has 1 N–H and O–H groups in total. The molecule has 0 spiro atoms. The molecule has 0 saturated carbocycles. The van der Waals surface area contributed by atoms with E-state index in [-0.39, 0.29) is 29.6 Å². The zero-order chi connectivity index (χ0) is 20.2. The van der Waals surface area contributed by atoms with Gasteiger partial charge in [0.25, 0.3) is 5.56 Å². The van der Waals surface area contributed by atoms with Crippen molar-refractivity contribution in [3.8, 4) is 11.4 Å². The van der Waals surface area contributed by atoms with Crippen LogP contribution < -0.4 is 5.56 Å². The van der Waals surface area contributed by atoms with E-state index in [2.05, 4.69) is 15.0 Å². The van der Waals surface area contributed by atoms with E-state index < -0.39 is 0 Å². The number of nitrogens with one attached hydrogen (secondary N) is 1. The van der Waals surface area contributed by atoms with Crippen LogP contribution in [0.2, 0.25) is 0 Å². The van der Waals surface area contributed by atoms with Crippen molar-refractivity contribution in [1.82, 2.24) is 19.9 Å². The number of carbonyl (C=O) groups excluding carboxylic acids is 1. The minimum atomic E-state index is -0.282. The number of aromatic nitrogens is 3. The van der Waals surface area contributed by atoms with Crippen LogP contribution in [0.5, 0.6) is 0 Å². The summed E-state index contributed by atoms with van der Waals surface area (Å²) in [5.41, 5.74) is 1.81. The molecule has 0 aliphatic carbocycles. The molecule has 0 unspecified atom stereocenters. The predicted molar refractivity (Wildman–Crippen MR) is 107 cm³/mol. The van der Waals surface area contributed by atoms with Gasteiger partial charge in [0.15, 0.2) is 0 Å². The highest BCUT2D eigenvalue weighted by atomic mass is 19.1. The number of aromatic amines is 1. The number of aryl methyl sites for hydroxylation is 1. The van der Waals surface area contributed by atoms with Crippen molar-refractivity contribution in [3.63, 3.8) is 0 Å². The quantitative estimate of drug-likeness (QED) is 0.724. The van der Waals surface area contributed by atoms with Crippen molar-refractivity contribution in [1.29, 1.82) is 0 Å². The first kappa shape index (κ1) is 19.0. The summed E-state index contributed by atoms with van der Waals surface area (Å²) in [6, 6.07) is 11.6. The number of H-pyrrole nitrogens is 1. The lowest BCUT2D eigenvalue weighted by Crippen LogP contribution is -2.29. The Morgan fingerprint density at radius 2 is 2.00 bits per heavy atom. The monoisotopic (exact) mass is 392 g/mol. The van der Waals surface area contributed by atoms with Gasteiger partial charge in [0.1, 0.15) is 11.6 Å². The van der Waals surface area contributed by atoms with E-state index in [9.17, 15) is 14.0 Å². The molecule has 29 heavy (non-hydrogen) atoms. The summed E-state index contributed by atoms with van der Waals surface area (Å²) in [6.07, 6.45) is 4.68. The molecule has 1 aromatic carbocycles. The van der Waals surface area contributed by atoms with E-state index in [1.807, 2.05) is 0 Å². The zero-order valence-electron chi connectivity index (χ0n) is 15.8. The summed E-state index contributed by atoms with van der Waals surface area (Å²) < 4.78 is 13.7. The van der Waals surface area contributed by atoms with Gasteiger partial charge in [0.2, 0.25) is 5.91 Å². The average molecular weight is 392 g/mol. The molecular formula is C22H21FN4O2. The standard InChI is InChI=1S/C22H21FN4O2/c23-18-4-2-1-3-15(18)5-6-21(29)27-12-9-17(14-27)19-13-20(28)26-22(25-19)16-7-10-24-11-8-16/h1-4,7-8,10-11,13,17H,5-6,9,12,14H2,(H,25,26,28)/t17-/m0/s1. The highest BCUT2D eigenvalue weighted by Gasteiger charge is 2.28. The molecule has 148 valence electrons. The van der Waals surface area contributed by atoms with Gasteiger partial charge in [0, 0.05) is 49.5 Å². The van der Waals surface area contributed by atoms with Crippen LogP contribution in [0.3, 0.4) is 0 Å². The molecule has 1 atom stereocenters. The van der Waals surface area contributed by atoms with Gasteiger partial charge in [-0.2, -0.15) is 0 Å². The first-order valence-electron chi connectivity index (χ1n) is 9.63. The van der Waals surface area contributed by atoms with Gasteiger partial charge in [-0.05, 0) is 36.6 Å². The highest BCUT2D eigenvalue weighted by Crippen LogP contribution is 2.27. The molecule has 1 fully saturated rings. The second-order valence-electron chi connectivity index (χ2n) is 7.17. The third kappa shape index (κ3) is 4.39. The minimum absolute atomic E-state index is 0.00468. The SMILES string of the molecule is O=C(CCc1ccccc1F)N1CC[C@H](c2cc(=O)[nH]c(-c3ccncc3)n2)C1. The highest BCUT2D eigenvalue weighted by molar-refractivity contribution is 5.76. The molecule has 1 amide bonds. The van der Waals surface area contributed by atoms with Crippen LogP contribution >= 0.6 is 0 Å². The van der Waals surface area contributed by atoms with E-state index in [0.29, 0.717) is 36.6 Å². The van der Waals surface area contributed by atoms with Gasteiger partial charge in [0.05, 0.1) is 5.69 Å². The lowest BCUT2D eigenvalue weighted by molar-refractivity contribution is -0.130. The van der Waals surface area contributed by atoms with Gasteiger partial charge in [-0.3, -0.25) is 14.6 Å². The van der Waals surface area contributed by atoms with E-state index >= 15 is 0 Å². The third-order valence-electron chi connectivity index (χ3n) is 5.24. The molecule has 6 nitrogen and oxygen atoms in total. The Morgan fingerprint density at radius 3 is 2.79 bits per heavy atom. The van der Waals surface area contributed by atoms with Crippen LogP contribution in [0.1, 0.15) is 30.0 Å². The van der Waals surface area contributed by atoms with Crippen LogP contribution in [0.25, 0.3) is 11.4 Å². The van der Waals surface area contributed by atoms with Crippen molar-refractivity contribution in [2.75, 3.05) is 13.1 Å². The molecule has 3 aromatic rings. The van der Waals surface area contributed by atoms with Crippen molar-refractivity contribution in [2.45, 2.75) is 25.2 Å². The van der Waals surface area contributed by atoms with E-state index in [1.165, 1.54) is 12.1 Å². The smallest absolute Gasteiger partial charge is 0.251 e. The van der Waals surface area contributed by atoms with Gasteiger partial charge >= 0.3 is 0 Å². The molecule has 1 saturated heterocycles. The van der Waals surface area contributed by atoms with Gasteiger partial charge in [-0.15, -0.1) is 0 Å². The van der Waals surface area contributed by atoms with E-state index in [0.717, 1.165) is 12.0 Å². The van der Waals surface area contributed by atoms with Gasteiger partial charge in [-0.25, -0.2) is 9.37 Å². The van der Waals surface area contributed by atoms with Crippen molar-refractivity contribution in [2.24, 2.45) is 0 Å². The van der Waals surface area contributed by atoms with Crippen molar-refractivity contribution >= 4 is 5.91 Å². The second kappa shape index (κ2) is 8.34. The Hall–Kier alpha value is -3.35. The fourth-order valence-electron chi connectivity index (χ4n) is 3.66. The normalized spacial score (nSPS) is 16.2. The maximum atomic E-state index is 13.7. The second-order valence-corrected chi connectivity index (χ2v) is 7.17. The van der Waals surface area contributed by atoms with Crippen molar-refractivity contribution in [3.05, 3.63) is 82.3 Å². The topological polar surface area (TPSA) is 79.0 Å². The number of amides is 1. The largest absolute Gasteiger partial charge is 0.342 e. The van der Waals surface area contributed by atoms with Crippen LogP contribution in [0, 0.1) is 5.82 Å². The van der Waals surface area contributed by atoms with Gasteiger partial charge < -0.3 is 9.88 Å². The molecule has 1 aliphatic heterocycles. The van der Waals surface area contributed by atoms with Crippen LogP contribution in [-0.2, 0) is 11.2 Å². The lowest BCUT2D eigenvalue weighted by Gasteiger charge is -2.17. The number of rotatable bonds is 5. The fourth-order valence-corrected chi connectivity index (χ4v) is 3.66. The Balaban J connectivity index is 1.43. The van der Waals surface area contributed by atoms with E-state index in [1.54, 1.807) is 47.6 Å². The fraction of sp³-hybridized carbons (Fsp3) is 0.273. The zero-order valence-corrected chi connectivity index (χ0v) is 15.8. The molecule has 1 aliphatic rings. The van der Waals surface area contributed by atoms with Crippen LogP contribution in [0.15, 0.2) is 59.7 Å². The molecule has 2 aromatic heterocycles. The number of nitrogens with zero attached hydrogens (tertiary/aromatic N) is 3. The number of carbonyl (C=O) groups is 1. The first-order chi connectivity index (χ1) is 14.1. The number of hydrogen-bond acceptors (Lipinski definition) is 4. The Kier molecular flexibility index (Phi) is 5.46. The summed E-state index contributed by atoms with van der Waals surface area (Å²) in [5, 5.41) is 0. The number of pyridine rings is 1. The Bertz CT molecular complexity index is 1070. The molecule has 7 heteroatoms. The summed E-state index contributed by atoms with van der Waals surface area (Å²) in [6.45, 7) is 1.13. The number of likely N-dealkylation sites (tertiary alicyclic amines) is 1. The average Bonchev–Trinajstić information content (AvgIpc) is 3.24. The Labute approximate surface area is 167 Å². The Morgan fingerprint density at radius 1 is 1.21 bits per heavy atom. The molecule has 0 radical (unpaired) electrons. The maximum Gasteiger partial charge on any atom is 0.251 e. The summed E-state index contributed by atoms with van der Waals surface area (Å²) in [4.78, 5) is 37.8. The van der Waals surface area contributed by atoms with Crippen molar-refractivity contribution < 1.29 is 9.18 Å².